The maximum Gasteiger partial charge on any atom is 0.321 e. The molecule has 0 radical (unpaired) electrons. The first kappa shape index (κ1) is 18.5. The number of urea groups is 1. The molecule has 0 aliphatic carbocycles. The SMILES string of the molecule is CC(C)(C)NC(=O)NC(=O)CSc1nnc(-c2cccc(Br)c2)o1. The Kier molecular flexibility index (Phi) is 6.00. The van der Waals surface area contributed by atoms with E-state index < -0.39 is 17.5 Å². The highest BCUT2D eigenvalue weighted by molar-refractivity contribution is 9.10. The Bertz CT molecular complexity index is 742. The van der Waals surface area contributed by atoms with Crippen molar-refractivity contribution in [1.82, 2.24) is 20.8 Å². The van der Waals surface area contributed by atoms with E-state index in [1.165, 1.54) is 0 Å². The molecule has 0 atom stereocenters. The summed E-state index contributed by atoms with van der Waals surface area (Å²) < 4.78 is 6.40. The molecule has 3 amide bonds. The highest BCUT2D eigenvalue weighted by Crippen LogP contribution is 2.25. The fourth-order valence-corrected chi connectivity index (χ4v) is 2.63. The van der Waals surface area contributed by atoms with Crippen LogP contribution in [0.4, 0.5) is 4.79 Å². The molecule has 0 spiro atoms. The van der Waals surface area contributed by atoms with Gasteiger partial charge in [-0.15, -0.1) is 10.2 Å². The Labute approximate surface area is 152 Å². The van der Waals surface area contributed by atoms with E-state index in [1.807, 2.05) is 45.0 Å². The molecule has 1 heterocycles. The highest BCUT2D eigenvalue weighted by atomic mass is 79.9. The van der Waals surface area contributed by atoms with Crippen LogP contribution in [0.25, 0.3) is 11.5 Å². The van der Waals surface area contributed by atoms with E-state index in [4.69, 9.17) is 4.42 Å². The molecule has 0 bridgehead atoms. The van der Waals surface area contributed by atoms with Crippen molar-refractivity contribution in [2.45, 2.75) is 31.5 Å². The number of nitrogens with one attached hydrogen (secondary N) is 2. The van der Waals surface area contributed by atoms with Crippen LogP contribution in [0, 0.1) is 0 Å². The molecular formula is C15H17BrN4O3S. The smallest absolute Gasteiger partial charge is 0.321 e. The van der Waals surface area contributed by atoms with Gasteiger partial charge < -0.3 is 9.73 Å². The predicted molar refractivity (Wildman–Crippen MR) is 94.6 cm³/mol. The number of thioether (sulfide) groups is 1. The lowest BCUT2D eigenvalue weighted by Gasteiger charge is -2.20. The average Bonchev–Trinajstić information content (AvgIpc) is 2.92. The van der Waals surface area contributed by atoms with Gasteiger partial charge >= 0.3 is 6.03 Å². The fourth-order valence-electron chi connectivity index (χ4n) is 1.67. The molecule has 2 N–H and O–H groups in total. The van der Waals surface area contributed by atoms with Gasteiger partial charge in [0.2, 0.25) is 11.8 Å². The molecule has 0 aliphatic heterocycles. The number of rotatable bonds is 4. The molecule has 1 aromatic heterocycles. The van der Waals surface area contributed by atoms with Gasteiger partial charge in [0.25, 0.3) is 5.22 Å². The predicted octanol–water partition coefficient (Wildman–Crippen LogP) is 3.22. The summed E-state index contributed by atoms with van der Waals surface area (Å²) in [6, 6.07) is 6.91. The van der Waals surface area contributed by atoms with Crippen molar-refractivity contribution in [3.05, 3.63) is 28.7 Å². The third-order valence-electron chi connectivity index (χ3n) is 2.55. The summed E-state index contributed by atoms with van der Waals surface area (Å²) in [7, 11) is 0. The van der Waals surface area contributed by atoms with Gasteiger partial charge in [0.15, 0.2) is 0 Å². The quantitative estimate of drug-likeness (QED) is 0.748. The van der Waals surface area contributed by atoms with Crippen LogP contribution in [0.2, 0.25) is 0 Å². The molecule has 128 valence electrons. The molecule has 2 rings (SSSR count). The normalized spacial score (nSPS) is 11.2. The van der Waals surface area contributed by atoms with Crippen LogP contribution >= 0.6 is 27.7 Å². The third kappa shape index (κ3) is 5.97. The zero-order valence-electron chi connectivity index (χ0n) is 13.4. The molecule has 0 unspecified atom stereocenters. The number of hydrogen-bond donors (Lipinski definition) is 2. The van der Waals surface area contributed by atoms with Gasteiger partial charge in [-0.25, -0.2) is 4.79 Å². The van der Waals surface area contributed by atoms with Crippen molar-refractivity contribution in [2.24, 2.45) is 0 Å². The monoisotopic (exact) mass is 412 g/mol. The number of imide groups is 1. The Hall–Kier alpha value is -1.87. The van der Waals surface area contributed by atoms with Crippen LogP contribution in [0.1, 0.15) is 20.8 Å². The fraction of sp³-hybridized carbons (Fsp3) is 0.333. The Morgan fingerprint density at radius 2 is 2.04 bits per heavy atom. The first-order chi connectivity index (χ1) is 11.2. The van der Waals surface area contributed by atoms with Crippen LogP contribution < -0.4 is 10.6 Å². The number of amides is 3. The minimum Gasteiger partial charge on any atom is -0.411 e. The second kappa shape index (κ2) is 7.80. The number of carbonyl (C=O) groups is 2. The Morgan fingerprint density at radius 1 is 1.29 bits per heavy atom. The number of halogens is 1. The molecule has 24 heavy (non-hydrogen) atoms. The van der Waals surface area contributed by atoms with Gasteiger partial charge in [0, 0.05) is 15.6 Å². The molecule has 0 saturated carbocycles. The molecule has 0 saturated heterocycles. The summed E-state index contributed by atoms with van der Waals surface area (Å²) in [5, 5.41) is 13.0. The summed E-state index contributed by atoms with van der Waals surface area (Å²) in [6.07, 6.45) is 0. The Morgan fingerprint density at radius 3 is 2.71 bits per heavy atom. The van der Waals surface area contributed by atoms with E-state index in [2.05, 4.69) is 36.8 Å². The summed E-state index contributed by atoms with van der Waals surface area (Å²) in [6.45, 7) is 5.48. The van der Waals surface area contributed by atoms with E-state index in [1.54, 1.807) is 0 Å². The highest BCUT2D eigenvalue weighted by Gasteiger charge is 2.17. The van der Waals surface area contributed by atoms with E-state index in [9.17, 15) is 9.59 Å². The number of hydrogen-bond acceptors (Lipinski definition) is 6. The summed E-state index contributed by atoms with van der Waals surface area (Å²) in [5.41, 5.74) is 0.362. The number of carbonyl (C=O) groups excluding carboxylic acids is 2. The van der Waals surface area contributed by atoms with Crippen LogP contribution in [-0.2, 0) is 4.79 Å². The van der Waals surface area contributed by atoms with Gasteiger partial charge in [0.1, 0.15) is 0 Å². The second-order valence-electron chi connectivity index (χ2n) is 5.92. The lowest BCUT2D eigenvalue weighted by Crippen LogP contribution is -2.48. The zero-order valence-corrected chi connectivity index (χ0v) is 15.8. The lowest BCUT2D eigenvalue weighted by atomic mass is 10.1. The van der Waals surface area contributed by atoms with Crippen LogP contribution in [0.15, 0.2) is 38.4 Å². The summed E-state index contributed by atoms with van der Waals surface area (Å²) in [5.74, 6) is -0.0776. The van der Waals surface area contributed by atoms with Gasteiger partial charge in [0.05, 0.1) is 5.75 Å². The van der Waals surface area contributed by atoms with Crippen LogP contribution in [0.3, 0.4) is 0 Å². The maximum atomic E-state index is 11.7. The molecule has 9 heteroatoms. The molecular weight excluding hydrogens is 396 g/mol. The molecule has 1 aromatic carbocycles. The van der Waals surface area contributed by atoms with Crippen LogP contribution in [-0.4, -0.2) is 33.4 Å². The van der Waals surface area contributed by atoms with Crippen molar-refractivity contribution in [2.75, 3.05) is 5.75 Å². The van der Waals surface area contributed by atoms with Crippen molar-refractivity contribution in [3.8, 4) is 11.5 Å². The molecule has 2 aromatic rings. The van der Waals surface area contributed by atoms with Gasteiger partial charge in [-0.3, -0.25) is 10.1 Å². The molecule has 0 fully saturated rings. The number of benzene rings is 1. The third-order valence-corrected chi connectivity index (χ3v) is 3.86. The summed E-state index contributed by atoms with van der Waals surface area (Å²) in [4.78, 5) is 23.3. The maximum absolute atomic E-state index is 11.7. The minimum absolute atomic E-state index is 0.00230. The molecule has 7 nitrogen and oxygen atoms in total. The van der Waals surface area contributed by atoms with Gasteiger partial charge in [-0.05, 0) is 39.0 Å². The summed E-state index contributed by atoms with van der Waals surface area (Å²) >= 11 is 4.44. The second-order valence-corrected chi connectivity index (χ2v) is 7.77. The van der Waals surface area contributed by atoms with E-state index in [0.29, 0.717) is 5.89 Å². The van der Waals surface area contributed by atoms with E-state index in [0.717, 1.165) is 21.8 Å². The largest absolute Gasteiger partial charge is 0.411 e. The molecule has 0 aliphatic rings. The van der Waals surface area contributed by atoms with E-state index in [-0.39, 0.29) is 11.0 Å². The van der Waals surface area contributed by atoms with Crippen molar-refractivity contribution >= 4 is 39.6 Å². The topological polar surface area (TPSA) is 97.1 Å². The average molecular weight is 413 g/mol. The van der Waals surface area contributed by atoms with Crippen LogP contribution in [0.5, 0.6) is 0 Å². The first-order valence-electron chi connectivity index (χ1n) is 7.07. The van der Waals surface area contributed by atoms with Crippen molar-refractivity contribution in [3.63, 3.8) is 0 Å². The Balaban J connectivity index is 1.87. The lowest BCUT2D eigenvalue weighted by molar-refractivity contribution is -0.117. The number of nitrogens with zero attached hydrogens (tertiary/aromatic N) is 2. The van der Waals surface area contributed by atoms with Crippen molar-refractivity contribution < 1.29 is 14.0 Å². The van der Waals surface area contributed by atoms with Crippen molar-refractivity contribution in [1.29, 1.82) is 0 Å². The van der Waals surface area contributed by atoms with Gasteiger partial charge in [-0.1, -0.05) is 33.8 Å². The van der Waals surface area contributed by atoms with Gasteiger partial charge in [-0.2, -0.15) is 0 Å². The zero-order chi connectivity index (χ0) is 17.7. The number of aromatic nitrogens is 2. The standard InChI is InChI=1S/C15H17BrN4O3S/c1-15(2,3)18-13(22)17-11(21)8-24-14-20-19-12(23-14)9-5-4-6-10(16)7-9/h4-7H,8H2,1-3H3,(H2,17,18,21,22). The minimum atomic E-state index is -0.534. The first-order valence-corrected chi connectivity index (χ1v) is 8.85. The van der Waals surface area contributed by atoms with E-state index >= 15 is 0 Å².